The molecule has 0 unspecified atom stereocenters. The Balaban J connectivity index is 1.47. The lowest BCUT2D eigenvalue weighted by Crippen LogP contribution is -2.61. The number of hydrogen-bond acceptors (Lipinski definition) is 4. The number of aryl methyl sites for hydroxylation is 1. The van der Waals surface area contributed by atoms with Crippen LogP contribution in [0.2, 0.25) is 0 Å². The van der Waals surface area contributed by atoms with Crippen molar-refractivity contribution in [3.8, 4) is 5.75 Å². The molecular formula is C27H34N4O3. The molecule has 2 aliphatic heterocycles. The number of nitrogens with zero attached hydrogens (tertiary/aromatic N) is 2. The van der Waals surface area contributed by atoms with Crippen LogP contribution in [-0.2, 0) is 11.3 Å². The van der Waals surface area contributed by atoms with Crippen LogP contribution in [0.15, 0.2) is 30.3 Å². The van der Waals surface area contributed by atoms with Gasteiger partial charge in [-0.3, -0.25) is 4.79 Å². The molecule has 2 heterocycles. The first-order valence-corrected chi connectivity index (χ1v) is 12.3. The van der Waals surface area contributed by atoms with Crippen LogP contribution >= 0.6 is 0 Å². The number of nitrogens with one attached hydrogen (secondary N) is 2. The van der Waals surface area contributed by atoms with E-state index in [-0.39, 0.29) is 11.9 Å². The minimum Gasteiger partial charge on any atom is -0.496 e. The number of carbonyl (C=O) groups excluding carboxylic acids is 2. The van der Waals surface area contributed by atoms with Crippen molar-refractivity contribution in [3.05, 3.63) is 47.0 Å². The fraction of sp³-hybridized carbons (Fsp3) is 0.481. The summed E-state index contributed by atoms with van der Waals surface area (Å²) in [6.45, 7) is 6.69. The molecular weight excluding hydrogens is 428 g/mol. The summed E-state index contributed by atoms with van der Waals surface area (Å²) in [5, 5.41) is 6.20. The third-order valence-electron chi connectivity index (χ3n) is 7.86. The van der Waals surface area contributed by atoms with Gasteiger partial charge in [0.1, 0.15) is 11.3 Å². The Hall–Kier alpha value is -3.22. The van der Waals surface area contributed by atoms with Gasteiger partial charge in [0.15, 0.2) is 0 Å². The summed E-state index contributed by atoms with van der Waals surface area (Å²) >= 11 is 0. The standard InChI is InChI=1S/C27H34N4O3/c1-18-8-9-20(16-24(18)34-3)28-25(32)27(12-5-4-6-13-27)31-17-21-19(2)23(30-14-7-15-30)11-10-22(21)29-26(31)33/h8-11,16H,4-7,12-15,17H2,1-3H3,(H,28,32)(H,29,33). The molecule has 1 saturated heterocycles. The third kappa shape index (κ3) is 3.77. The Bertz CT molecular complexity index is 1120. The van der Waals surface area contributed by atoms with Gasteiger partial charge in [0.25, 0.3) is 0 Å². The SMILES string of the molecule is COc1cc(NC(=O)C2(N3Cc4c(ccc(N5CCC5)c4C)NC3=O)CCCCC2)ccc1C. The fourth-order valence-electron chi connectivity index (χ4n) is 5.62. The molecule has 7 nitrogen and oxygen atoms in total. The number of hydrogen-bond donors (Lipinski definition) is 2. The Kier molecular flexibility index (Phi) is 5.88. The van der Waals surface area contributed by atoms with Crippen molar-refractivity contribution < 1.29 is 14.3 Å². The van der Waals surface area contributed by atoms with Crippen LogP contribution in [0.5, 0.6) is 5.75 Å². The quantitative estimate of drug-likeness (QED) is 0.640. The molecule has 180 valence electrons. The summed E-state index contributed by atoms with van der Waals surface area (Å²) in [7, 11) is 1.63. The van der Waals surface area contributed by atoms with E-state index in [4.69, 9.17) is 4.74 Å². The van der Waals surface area contributed by atoms with Gasteiger partial charge in [0.2, 0.25) is 5.91 Å². The first-order chi connectivity index (χ1) is 16.4. The van der Waals surface area contributed by atoms with Crippen LogP contribution in [0.1, 0.15) is 55.2 Å². The largest absolute Gasteiger partial charge is 0.496 e. The van der Waals surface area contributed by atoms with E-state index >= 15 is 0 Å². The van der Waals surface area contributed by atoms with Gasteiger partial charge in [-0.1, -0.05) is 25.3 Å². The van der Waals surface area contributed by atoms with Crippen molar-refractivity contribution in [3.63, 3.8) is 0 Å². The maximum Gasteiger partial charge on any atom is 0.323 e. The highest BCUT2D eigenvalue weighted by molar-refractivity contribution is 6.03. The molecule has 0 aromatic heterocycles. The van der Waals surface area contributed by atoms with E-state index in [1.54, 1.807) is 12.0 Å². The molecule has 2 fully saturated rings. The minimum atomic E-state index is -0.878. The van der Waals surface area contributed by atoms with Crippen LogP contribution in [0.4, 0.5) is 21.9 Å². The molecule has 2 aromatic carbocycles. The van der Waals surface area contributed by atoms with Gasteiger partial charge < -0.3 is 25.2 Å². The van der Waals surface area contributed by atoms with Crippen molar-refractivity contribution >= 4 is 29.0 Å². The molecule has 3 amide bonds. The molecule has 0 atom stereocenters. The first kappa shape index (κ1) is 22.6. The fourth-order valence-corrected chi connectivity index (χ4v) is 5.62. The zero-order chi connectivity index (χ0) is 23.9. The second kappa shape index (κ2) is 8.85. The maximum absolute atomic E-state index is 13.9. The van der Waals surface area contributed by atoms with Gasteiger partial charge in [-0.05, 0) is 62.4 Å². The summed E-state index contributed by atoms with van der Waals surface area (Å²) in [6, 6.07) is 9.60. The topological polar surface area (TPSA) is 73.9 Å². The van der Waals surface area contributed by atoms with Gasteiger partial charge in [0.05, 0.1) is 13.7 Å². The predicted octanol–water partition coefficient (Wildman–Crippen LogP) is 5.21. The molecule has 0 bridgehead atoms. The summed E-state index contributed by atoms with van der Waals surface area (Å²) in [4.78, 5) is 31.4. The Morgan fingerprint density at radius 3 is 2.50 bits per heavy atom. The second-order valence-electron chi connectivity index (χ2n) is 9.82. The van der Waals surface area contributed by atoms with E-state index in [0.717, 1.165) is 54.9 Å². The van der Waals surface area contributed by atoms with Crippen molar-refractivity contribution in [1.29, 1.82) is 0 Å². The molecule has 5 rings (SSSR count). The van der Waals surface area contributed by atoms with E-state index in [0.29, 0.717) is 25.1 Å². The highest BCUT2D eigenvalue weighted by Gasteiger charge is 2.48. The van der Waals surface area contributed by atoms with Gasteiger partial charge in [-0.2, -0.15) is 0 Å². The highest BCUT2D eigenvalue weighted by atomic mass is 16.5. The highest BCUT2D eigenvalue weighted by Crippen LogP contribution is 2.41. The number of ether oxygens (including phenoxy) is 1. The van der Waals surface area contributed by atoms with E-state index in [1.807, 2.05) is 31.2 Å². The van der Waals surface area contributed by atoms with Crippen LogP contribution in [0.3, 0.4) is 0 Å². The number of amides is 3. The van der Waals surface area contributed by atoms with E-state index < -0.39 is 5.54 Å². The zero-order valence-corrected chi connectivity index (χ0v) is 20.4. The average molecular weight is 463 g/mol. The summed E-state index contributed by atoms with van der Waals surface area (Å²) in [5.41, 5.74) is 5.21. The van der Waals surface area contributed by atoms with E-state index in [9.17, 15) is 9.59 Å². The molecule has 0 radical (unpaired) electrons. The average Bonchev–Trinajstić information content (AvgIpc) is 2.81. The molecule has 7 heteroatoms. The third-order valence-corrected chi connectivity index (χ3v) is 7.86. The van der Waals surface area contributed by atoms with Crippen molar-refractivity contribution in [2.24, 2.45) is 0 Å². The first-order valence-electron chi connectivity index (χ1n) is 12.3. The van der Waals surface area contributed by atoms with E-state index in [1.165, 1.54) is 17.7 Å². The van der Waals surface area contributed by atoms with Crippen LogP contribution in [0.25, 0.3) is 0 Å². The molecule has 3 aliphatic rings. The summed E-state index contributed by atoms with van der Waals surface area (Å²) in [6.07, 6.45) is 5.47. The monoisotopic (exact) mass is 462 g/mol. The van der Waals surface area contributed by atoms with Gasteiger partial charge in [-0.25, -0.2) is 4.79 Å². The Morgan fingerprint density at radius 1 is 1.06 bits per heavy atom. The zero-order valence-electron chi connectivity index (χ0n) is 20.4. The lowest BCUT2D eigenvalue weighted by Gasteiger charge is -2.47. The molecule has 2 N–H and O–H groups in total. The minimum absolute atomic E-state index is 0.117. The number of carbonyl (C=O) groups is 2. The van der Waals surface area contributed by atoms with Crippen LogP contribution < -0.4 is 20.3 Å². The predicted molar refractivity (Wildman–Crippen MR) is 135 cm³/mol. The lowest BCUT2D eigenvalue weighted by molar-refractivity contribution is -0.128. The Labute approximate surface area is 201 Å². The molecule has 1 saturated carbocycles. The van der Waals surface area contributed by atoms with Gasteiger partial charge in [-0.15, -0.1) is 0 Å². The number of benzene rings is 2. The molecule has 0 spiro atoms. The van der Waals surface area contributed by atoms with Crippen molar-refractivity contribution in [2.45, 2.75) is 64.5 Å². The van der Waals surface area contributed by atoms with Crippen molar-refractivity contribution in [1.82, 2.24) is 4.90 Å². The number of methoxy groups -OCH3 is 1. The summed E-state index contributed by atoms with van der Waals surface area (Å²) in [5.74, 6) is 0.613. The normalized spacial score (nSPS) is 19.1. The number of urea groups is 1. The lowest BCUT2D eigenvalue weighted by atomic mass is 9.78. The van der Waals surface area contributed by atoms with Crippen LogP contribution in [-0.4, -0.2) is 42.6 Å². The number of anilines is 3. The van der Waals surface area contributed by atoms with Crippen molar-refractivity contribution in [2.75, 3.05) is 35.7 Å². The van der Waals surface area contributed by atoms with Gasteiger partial charge >= 0.3 is 6.03 Å². The Morgan fingerprint density at radius 2 is 1.82 bits per heavy atom. The molecule has 1 aliphatic carbocycles. The molecule has 34 heavy (non-hydrogen) atoms. The maximum atomic E-state index is 13.9. The van der Waals surface area contributed by atoms with E-state index in [2.05, 4.69) is 28.5 Å². The summed E-state index contributed by atoms with van der Waals surface area (Å²) < 4.78 is 5.44. The van der Waals surface area contributed by atoms with Gasteiger partial charge in [0, 0.05) is 41.8 Å². The smallest absolute Gasteiger partial charge is 0.323 e. The van der Waals surface area contributed by atoms with Crippen LogP contribution in [0, 0.1) is 13.8 Å². The number of fused-ring (bicyclic) bond motifs is 1. The number of rotatable bonds is 5. The molecule has 2 aromatic rings. The second-order valence-corrected chi connectivity index (χ2v) is 9.82.